The molecule has 0 spiro atoms. The summed E-state index contributed by atoms with van der Waals surface area (Å²) in [4.78, 5) is 2.53. The van der Waals surface area contributed by atoms with E-state index in [0.29, 0.717) is 0 Å². The normalized spacial score (nSPS) is 14.7. The smallest absolute Gasteiger partial charge is 0.0412 e. The van der Waals surface area contributed by atoms with E-state index in [1.165, 1.54) is 41.5 Å². The maximum Gasteiger partial charge on any atom is 0.0412 e. The summed E-state index contributed by atoms with van der Waals surface area (Å²) in [6, 6.07) is 6.68. The van der Waals surface area contributed by atoms with Crippen LogP contribution < -0.4 is 10.2 Å². The second-order valence-corrected chi connectivity index (χ2v) is 6.35. The van der Waals surface area contributed by atoms with Gasteiger partial charge in [0.2, 0.25) is 0 Å². The fourth-order valence-corrected chi connectivity index (χ4v) is 2.82. The molecule has 1 aromatic rings. The van der Waals surface area contributed by atoms with Crippen molar-refractivity contribution in [2.75, 3.05) is 24.5 Å². The molecular formula is C16H25BrN2. The van der Waals surface area contributed by atoms with E-state index in [0.717, 1.165) is 25.6 Å². The summed E-state index contributed by atoms with van der Waals surface area (Å²) in [5, 5.41) is 3.52. The highest BCUT2D eigenvalue weighted by Crippen LogP contribution is 2.33. The highest BCUT2D eigenvalue weighted by molar-refractivity contribution is 9.10. The van der Waals surface area contributed by atoms with Gasteiger partial charge in [-0.1, -0.05) is 22.9 Å². The van der Waals surface area contributed by atoms with Crippen molar-refractivity contribution in [1.29, 1.82) is 0 Å². The van der Waals surface area contributed by atoms with Gasteiger partial charge in [-0.05, 0) is 62.4 Å². The van der Waals surface area contributed by atoms with Crippen LogP contribution in [0.15, 0.2) is 22.7 Å². The third kappa shape index (κ3) is 4.50. The van der Waals surface area contributed by atoms with Gasteiger partial charge < -0.3 is 10.2 Å². The third-order valence-electron chi connectivity index (χ3n) is 3.68. The summed E-state index contributed by atoms with van der Waals surface area (Å²) < 4.78 is 1.17. The van der Waals surface area contributed by atoms with Gasteiger partial charge in [0, 0.05) is 29.8 Å². The molecule has 0 aliphatic heterocycles. The minimum Gasteiger partial charge on any atom is -0.371 e. The first-order chi connectivity index (χ1) is 9.24. The molecular weight excluding hydrogens is 300 g/mol. The van der Waals surface area contributed by atoms with Gasteiger partial charge in [-0.2, -0.15) is 0 Å². The third-order valence-corrected chi connectivity index (χ3v) is 4.17. The summed E-state index contributed by atoms with van der Waals surface area (Å²) >= 11 is 3.59. The Morgan fingerprint density at radius 2 is 2.11 bits per heavy atom. The maximum absolute atomic E-state index is 3.59. The molecule has 1 aliphatic carbocycles. The Hall–Kier alpha value is -0.540. The van der Waals surface area contributed by atoms with Crippen LogP contribution in [0.25, 0.3) is 0 Å². The molecule has 0 unspecified atom stereocenters. The van der Waals surface area contributed by atoms with Gasteiger partial charge in [0.1, 0.15) is 0 Å². The Bertz CT molecular complexity index is 402. The van der Waals surface area contributed by atoms with Gasteiger partial charge >= 0.3 is 0 Å². The molecule has 1 aliphatic rings. The largest absolute Gasteiger partial charge is 0.371 e. The fraction of sp³-hybridized carbons (Fsp3) is 0.625. The lowest BCUT2D eigenvalue weighted by Crippen LogP contribution is -2.27. The van der Waals surface area contributed by atoms with E-state index >= 15 is 0 Å². The number of hydrogen-bond acceptors (Lipinski definition) is 2. The van der Waals surface area contributed by atoms with Crippen LogP contribution in [0.3, 0.4) is 0 Å². The van der Waals surface area contributed by atoms with Crippen molar-refractivity contribution in [1.82, 2.24) is 5.32 Å². The number of benzene rings is 1. The lowest BCUT2D eigenvalue weighted by Gasteiger charge is -2.26. The van der Waals surface area contributed by atoms with E-state index in [-0.39, 0.29) is 0 Å². The van der Waals surface area contributed by atoms with Crippen LogP contribution in [0.2, 0.25) is 0 Å². The van der Waals surface area contributed by atoms with E-state index in [1.807, 2.05) is 0 Å². The Balaban J connectivity index is 2.11. The lowest BCUT2D eigenvalue weighted by atomic mass is 10.1. The summed E-state index contributed by atoms with van der Waals surface area (Å²) in [7, 11) is 0. The number of halogens is 1. The van der Waals surface area contributed by atoms with Crippen molar-refractivity contribution in [2.45, 2.75) is 39.7 Å². The quantitative estimate of drug-likeness (QED) is 0.721. The van der Waals surface area contributed by atoms with Gasteiger partial charge in [0.05, 0.1) is 0 Å². The monoisotopic (exact) mass is 324 g/mol. The van der Waals surface area contributed by atoms with Crippen molar-refractivity contribution >= 4 is 21.6 Å². The van der Waals surface area contributed by atoms with Crippen molar-refractivity contribution in [3.8, 4) is 0 Å². The summed E-state index contributed by atoms with van der Waals surface area (Å²) in [6.45, 7) is 8.83. The first-order valence-electron chi connectivity index (χ1n) is 7.48. The van der Waals surface area contributed by atoms with E-state index in [4.69, 9.17) is 0 Å². The van der Waals surface area contributed by atoms with Crippen LogP contribution in [0, 0.1) is 5.92 Å². The zero-order valence-corrected chi connectivity index (χ0v) is 13.7. The Kier molecular flexibility index (Phi) is 5.71. The molecule has 0 saturated heterocycles. The molecule has 1 saturated carbocycles. The number of anilines is 1. The average molecular weight is 325 g/mol. The number of nitrogens with one attached hydrogen (secondary N) is 1. The van der Waals surface area contributed by atoms with Crippen LogP contribution in [0.4, 0.5) is 5.69 Å². The van der Waals surface area contributed by atoms with Gasteiger partial charge in [-0.3, -0.25) is 0 Å². The van der Waals surface area contributed by atoms with Crippen LogP contribution in [0.5, 0.6) is 0 Å². The Morgan fingerprint density at radius 3 is 2.74 bits per heavy atom. The molecule has 0 atom stereocenters. The Labute approximate surface area is 125 Å². The fourth-order valence-electron chi connectivity index (χ4n) is 2.41. The van der Waals surface area contributed by atoms with Crippen LogP contribution in [0.1, 0.15) is 38.7 Å². The molecule has 1 N–H and O–H groups in total. The molecule has 1 fully saturated rings. The summed E-state index contributed by atoms with van der Waals surface area (Å²) in [5.41, 5.74) is 2.81. The van der Waals surface area contributed by atoms with Gasteiger partial charge in [0.25, 0.3) is 0 Å². The van der Waals surface area contributed by atoms with Crippen molar-refractivity contribution in [2.24, 2.45) is 5.92 Å². The number of nitrogens with zero attached hydrogens (tertiary/aromatic N) is 1. The molecule has 1 aromatic carbocycles. The van der Waals surface area contributed by atoms with Crippen molar-refractivity contribution in [3.63, 3.8) is 0 Å². The highest BCUT2D eigenvalue weighted by atomic mass is 79.9. The van der Waals surface area contributed by atoms with Crippen LogP contribution >= 0.6 is 15.9 Å². The topological polar surface area (TPSA) is 15.3 Å². The summed E-state index contributed by atoms with van der Waals surface area (Å²) in [6.07, 6.45) is 4.01. The molecule has 19 heavy (non-hydrogen) atoms. The average Bonchev–Trinajstić information content (AvgIpc) is 3.21. The molecule has 0 amide bonds. The van der Waals surface area contributed by atoms with Gasteiger partial charge in [0.15, 0.2) is 0 Å². The van der Waals surface area contributed by atoms with Gasteiger partial charge in [-0.25, -0.2) is 0 Å². The van der Waals surface area contributed by atoms with Crippen molar-refractivity contribution < 1.29 is 0 Å². The van der Waals surface area contributed by atoms with Gasteiger partial charge in [-0.15, -0.1) is 0 Å². The molecule has 2 rings (SSSR count). The molecule has 0 heterocycles. The molecule has 2 nitrogen and oxygen atoms in total. The Morgan fingerprint density at radius 1 is 1.32 bits per heavy atom. The van der Waals surface area contributed by atoms with E-state index < -0.39 is 0 Å². The van der Waals surface area contributed by atoms with E-state index in [1.54, 1.807) is 0 Å². The zero-order valence-electron chi connectivity index (χ0n) is 12.1. The van der Waals surface area contributed by atoms with Crippen LogP contribution in [-0.2, 0) is 6.54 Å². The van der Waals surface area contributed by atoms with E-state index in [2.05, 4.69) is 58.2 Å². The molecule has 0 bridgehead atoms. The standard InChI is InChI=1S/C16H25BrN2/c1-3-9-18-11-14-10-15(17)7-8-16(14)19(4-2)12-13-5-6-13/h7-8,10,13,18H,3-6,9,11-12H2,1-2H3. The second-order valence-electron chi connectivity index (χ2n) is 5.43. The minimum absolute atomic E-state index is 0.931. The van der Waals surface area contributed by atoms with E-state index in [9.17, 15) is 0 Å². The SMILES string of the molecule is CCCNCc1cc(Br)ccc1N(CC)CC1CC1. The first kappa shape index (κ1) is 14.9. The van der Waals surface area contributed by atoms with Crippen LogP contribution in [-0.4, -0.2) is 19.6 Å². The molecule has 0 radical (unpaired) electrons. The lowest BCUT2D eigenvalue weighted by molar-refractivity contribution is 0.668. The summed E-state index contributed by atoms with van der Waals surface area (Å²) in [5.74, 6) is 0.931. The first-order valence-corrected chi connectivity index (χ1v) is 8.28. The molecule has 0 aromatic heterocycles. The predicted octanol–water partition coefficient (Wildman–Crippen LogP) is 4.19. The predicted molar refractivity (Wildman–Crippen MR) is 86.8 cm³/mol. The molecule has 3 heteroatoms. The zero-order chi connectivity index (χ0) is 13.7. The maximum atomic E-state index is 3.59. The highest BCUT2D eigenvalue weighted by Gasteiger charge is 2.24. The minimum atomic E-state index is 0.931. The van der Waals surface area contributed by atoms with Crippen molar-refractivity contribution in [3.05, 3.63) is 28.2 Å². The number of hydrogen-bond donors (Lipinski definition) is 1. The molecule has 106 valence electrons. The second kappa shape index (κ2) is 7.30. The number of rotatable bonds is 8.